The topological polar surface area (TPSA) is 29.5 Å². The number of fused-ring (bicyclic) bond motifs is 2. The lowest BCUT2D eigenvalue weighted by Crippen LogP contribution is -2.14. The molecule has 5 rings (SSSR count). The second-order valence-electron chi connectivity index (χ2n) is 7.50. The molecule has 0 amide bonds. The molecule has 0 aromatic heterocycles. The van der Waals surface area contributed by atoms with E-state index >= 15 is 0 Å². The largest absolute Gasteiger partial charge is 0.423 e. The van der Waals surface area contributed by atoms with Gasteiger partial charge in [0.05, 0.1) is 11.4 Å². The van der Waals surface area contributed by atoms with Crippen molar-refractivity contribution in [1.82, 2.24) is 0 Å². The van der Waals surface area contributed by atoms with Crippen LogP contribution in [0.4, 0.5) is 17.1 Å². The summed E-state index contributed by atoms with van der Waals surface area (Å²) in [5, 5.41) is 0. The smallest absolute Gasteiger partial charge is 0.335 e. The Morgan fingerprint density at radius 1 is 0.758 bits per heavy atom. The molecule has 0 radical (unpaired) electrons. The maximum atomic E-state index is 11.3. The molecule has 1 aliphatic rings. The number of hydrogen-bond donors (Lipinski definition) is 0. The maximum Gasteiger partial charge on any atom is 0.335 e. The lowest BCUT2D eigenvalue weighted by Gasteiger charge is -2.33. The summed E-state index contributed by atoms with van der Waals surface area (Å²) in [4.78, 5) is 16.1. The zero-order valence-corrected chi connectivity index (χ0v) is 18.7. The molecule has 0 saturated heterocycles. The quantitative estimate of drug-likeness (QED) is 0.119. The first-order valence-corrected chi connectivity index (χ1v) is 11.4. The molecule has 0 aliphatic carbocycles. The number of anilines is 3. The molecule has 33 heavy (non-hydrogen) atoms. The first-order chi connectivity index (χ1) is 16.2. The highest BCUT2D eigenvalue weighted by molar-refractivity contribution is 7.99. The van der Waals surface area contributed by atoms with Gasteiger partial charge in [-0.15, -0.1) is 0 Å². The van der Waals surface area contributed by atoms with Gasteiger partial charge in [0, 0.05) is 21.6 Å². The van der Waals surface area contributed by atoms with Crippen molar-refractivity contribution in [2.24, 2.45) is 0 Å². The van der Waals surface area contributed by atoms with Crippen molar-refractivity contribution >= 4 is 46.9 Å². The zero-order chi connectivity index (χ0) is 22.6. The highest BCUT2D eigenvalue weighted by Gasteiger charge is 2.24. The van der Waals surface area contributed by atoms with E-state index < -0.39 is 5.97 Å². The molecule has 0 saturated carbocycles. The van der Waals surface area contributed by atoms with Gasteiger partial charge in [-0.1, -0.05) is 79.0 Å². The van der Waals surface area contributed by atoms with E-state index in [9.17, 15) is 4.79 Å². The SMILES string of the molecule is C=CC(=O)Oc1ccc(C=Cc2ccc3c(c2)Sc2ccccc2N3c2ccccc2)cc1. The molecule has 3 nitrogen and oxygen atoms in total. The number of rotatable bonds is 5. The Bertz CT molecular complexity index is 1340. The predicted octanol–water partition coefficient (Wildman–Crippen LogP) is 7.88. The third kappa shape index (κ3) is 4.47. The summed E-state index contributed by atoms with van der Waals surface area (Å²) in [6.07, 6.45) is 5.30. The first-order valence-electron chi connectivity index (χ1n) is 10.6. The van der Waals surface area contributed by atoms with Gasteiger partial charge in [0.1, 0.15) is 5.75 Å². The van der Waals surface area contributed by atoms with Crippen LogP contribution in [0.5, 0.6) is 5.75 Å². The van der Waals surface area contributed by atoms with Crippen LogP contribution in [0.1, 0.15) is 11.1 Å². The molecule has 4 aromatic carbocycles. The van der Waals surface area contributed by atoms with Crippen LogP contribution in [0.3, 0.4) is 0 Å². The third-order valence-corrected chi connectivity index (χ3v) is 6.41. The standard InChI is InChI=1S/C29H21NO2S/c1-2-29(31)32-24-17-14-21(15-18-24)12-13-22-16-19-26-28(20-22)33-27-11-7-6-10-25(27)30(26)23-8-4-3-5-9-23/h2-20H,1H2. The van der Waals surface area contributed by atoms with Crippen molar-refractivity contribution in [1.29, 1.82) is 0 Å². The lowest BCUT2D eigenvalue weighted by molar-refractivity contribution is -0.128. The van der Waals surface area contributed by atoms with Gasteiger partial charge >= 0.3 is 5.97 Å². The molecule has 1 heterocycles. The van der Waals surface area contributed by atoms with E-state index in [2.05, 4.69) is 90.4 Å². The highest BCUT2D eigenvalue weighted by atomic mass is 32.2. The van der Waals surface area contributed by atoms with E-state index in [1.54, 1.807) is 23.9 Å². The maximum absolute atomic E-state index is 11.3. The minimum atomic E-state index is -0.462. The molecule has 4 heteroatoms. The normalized spacial score (nSPS) is 12.2. The van der Waals surface area contributed by atoms with Crippen molar-refractivity contribution < 1.29 is 9.53 Å². The monoisotopic (exact) mass is 447 g/mol. The summed E-state index contributed by atoms with van der Waals surface area (Å²) < 4.78 is 5.13. The van der Waals surface area contributed by atoms with Crippen LogP contribution in [-0.2, 0) is 4.79 Å². The van der Waals surface area contributed by atoms with Gasteiger partial charge in [-0.2, -0.15) is 0 Å². The number of benzene rings is 4. The molecule has 0 bridgehead atoms. The van der Waals surface area contributed by atoms with Crippen LogP contribution >= 0.6 is 11.8 Å². The van der Waals surface area contributed by atoms with Gasteiger partial charge in [0.15, 0.2) is 0 Å². The summed E-state index contributed by atoms with van der Waals surface area (Å²) in [6.45, 7) is 3.41. The first kappa shape index (κ1) is 20.9. The van der Waals surface area contributed by atoms with Gasteiger partial charge in [-0.05, 0) is 59.7 Å². The number of ether oxygens (including phenoxy) is 1. The Morgan fingerprint density at radius 3 is 2.21 bits per heavy atom. The van der Waals surface area contributed by atoms with Crippen LogP contribution in [0.15, 0.2) is 120 Å². The molecular formula is C29H21NO2S. The van der Waals surface area contributed by atoms with Crippen molar-refractivity contribution in [2.75, 3.05) is 4.90 Å². The molecule has 160 valence electrons. The number of para-hydroxylation sites is 2. The molecule has 0 N–H and O–H groups in total. The van der Waals surface area contributed by atoms with Crippen molar-refractivity contribution in [3.63, 3.8) is 0 Å². The Kier molecular flexibility index (Phi) is 5.83. The summed E-state index contributed by atoms with van der Waals surface area (Å²) in [5.74, 6) is 0.0397. The third-order valence-electron chi connectivity index (χ3n) is 5.30. The van der Waals surface area contributed by atoms with Crippen molar-refractivity contribution in [2.45, 2.75) is 9.79 Å². The average Bonchev–Trinajstić information content (AvgIpc) is 2.87. The number of hydrogen-bond acceptors (Lipinski definition) is 4. The predicted molar refractivity (Wildman–Crippen MR) is 136 cm³/mol. The fourth-order valence-corrected chi connectivity index (χ4v) is 4.84. The molecule has 0 fully saturated rings. The lowest BCUT2D eigenvalue weighted by atomic mass is 10.1. The van der Waals surface area contributed by atoms with E-state index in [4.69, 9.17) is 4.74 Å². The van der Waals surface area contributed by atoms with Gasteiger partial charge in [-0.3, -0.25) is 0 Å². The van der Waals surface area contributed by atoms with Crippen LogP contribution in [0.25, 0.3) is 12.2 Å². The van der Waals surface area contributed by atoms with Crippen LogP contribution in [-0.4, -0.2) is 5.97 Å². The molecule has 0 unspecified atom stereocenters. The fourth-order valence-electron chi connectivity index (χ4n) is 3.73. The minimum Gasteiger partial charge on any atom is -0.423 e. The van der Waals surface area contributed by atoms with Crippen LogP contribution in [0.2, 0.25) is 0 Å². The Labute approximate surface area is 197 Å². The summed E-state index contributed by atoms with van der Waals surface area (Å²) in [5.41, 5.74) is 5.66. The van der Waals surface area contributed by atoms with Gasteiger partial charge in [-0.25, -0.2) is 4.79 Å². The van der Waals surface area contributed by atoms with Crippen molar-refractivity contribution in [3.05, 3.63) is 121 Å². The Morgan fingerprint density at radius 2 is 1.42 bits per heavy atom. The fraction of sp³-hybridized carbons (Fsp3) is 0. The van der Waals surface area contributed by atoms with E-state index in [1.807, 2.05) is 18.2 Å². The summed E-state index contributed by atoms with van der Waals surface area (Å²) in [6, 6.07) is 32.9. The molecule has 1 aliphatic heterocycles. The Hall–Kier alpha value is -4.02. The van der Waals surface area contributed by atoms with Gasteiger partial charge in [0.2, 0.25) is 0 Å². The number of esters is 1. The highest BCUT2D eigenvalue weighted by Crippen LogP contribution is 2.51. The minimum absolute atomic E-state index is 0.462. The van der Waals surface area contributed by atoms with Crippen molar-refractivity contribution in [3.8, 4) is 5.75 Å². The van der Waals surface area contributed by atoms with E-state index in [0.717, 1.165) is 22.9 Å². The molecular weight excluding hydrogens is 426 g/mol. The second kappa shape index (κ2) is 9.23. The summed E-state index contributed by atoms with van der Waals surface area (Å²) >= 11 is 1.79. The second-order valence-corrected chi connectivity index (χ2v) is 8.58. The average molecular weight is 448 g/mol. The van der Waals surface area contributed by atoms with E-state index in [1.165, 1.54) is 21.2 Å². The molecule has 4 aromatic rings. The van der Waals surface area contributed by atoms with Crippen LogP contribution in [0, 0.1) is 0 Å². The van der Waals surface area contributed by atoms with E-state index in [-0.39, 0.29) is 0 Å². The van der Waals surface area contributed by atoms with Gasteiger partial charge < -0.3 is 9.64 Å². The number of nitrogens with zero attached hydrogens (tertiary/aromatic N) is 1. The summed E-state index contributed by atoms with van der Waals surface area (Å²) in [7, 11) is 0. The molecule has 0 atom stereocenters. The number of carbonyl (C=O) groups excluding carboxylic acids is 1. The molecule has 0 spiro atoms. The number of carbonyl (C=O) groups is 1. The van der Waals surface area contributed by atoms with Crippen LogP contribution < -0.4 is 9.64 Å². The Balaban J connectivity index is 1.43. The van der Waals surface area contributed by atoms with Gasteiger partial charge in [0.25, 0.3) is 0 Å². The van der Waals surface area contributed by atoms with E-state index in [0.29, 0.717) is 5.75 Å². The zero-order valence-electron chi connectivity index (χ0n) is 17.8.